The molecule has 2 aromatic rings. The second-order valence-corrected chi connectivity index (χ2v) is 13.2. The quantitative estimate of drug-likeness (QED) is 0.391. The molecule has 3 rings (SSSR count). The van der Waals surface area contributed by atoms with Crippen LogP contribution in [0.2, 0.25) is 0 Å². The molecule has 1 aliphatic rings. The Balaban J connectivity index is 1.86. The van der Waals surface area contributed by atoms with Crippen molar-refractivity contribution in [3.05, 3.63) is 54.1 Å². The number of fused-ring (bicyclic) bond motifs is 1. The molecule has 204 valence electrons. The number of carbonyl (C=O) groups excluding carboxylic acids is 1. The van der Waals surface area contributed by atoms with Gasteiger partial charge in [0.2, 0.25) is 22.7 Å². The maximum absolute atomic E-state index is 13.6. The van der Waals surface area contributed by atoms with Crippen molar-refractivity contribution in [2.75, 3.05) is 31.9 Å². The maximum Gasteiger partial charge on any atom is 0.243 e. The molecule has 1 heterocycles. The number of nitrogens with zero attached hydrogens (tertiary/aromatic N) is 1. The Morgan fingerprint density at radius 3 is 2.41 bits per heavy atom. The van der Waals surface area contributed by atoms with Crippen molar-refractivity contribution in [3.8, 4) is 11.5 Å². The molecule has 0 saturated heterocycles. The first-order valence-corrected chi connectivity index (χ1v) is 15.4. The summed E-state index contributed by atoms with van der Waals surface area (Å²) in [5, 5.41) is 14.2. The van der Waals surface area contributed by atoms with Crippen LogP contribution >= 0.6 is 0 Å². The van der Waals surface area contributed by atoms with Gasteiger partial charge in [-0.05, 0) is 30.0 Å². The Kier molecular flexibility index (Phi) is 10.1. The van der Waals surface area contributed by atoms with Crippen molar-refractivity contribution in [1.82, 2.24) is 9.62 Å². The third kappa shape index (κ3) is 8.00. The van der Waals surface area contributed by atoms with Gasteiger partial charge in [0.1, 0.15) is 0 Å². The molecule has 4 atom stereocenters. The van der Waals surface area contributed by atoms with Crippen LogP contribution in [0.1, 0.15) is 26.3 Å². The molecule has 0 aliphatic carbocycles. The van der Waals surface area contributed by atoms with Crippen LogP contribution in [-0.2, 0) is 32.0 Å². The Bertz CT molecular complexity index is 1190. The number of aliphatic hydroxyl groups excluding tert-OH is 1. The molecule has 0 saturated carbocycles. The molecule has 0 spiro atoms. The number of benzene rings is 2. The fourth-order valence-corrected chi connectivity index (χ4v) is 6.60. The lowest BCUT2D eigenvalue weighted by atomic mass is 10.00. The number of rotatable bonds is 13. The van der Waals surface area contributed by atoms with E-state index < -0.39 is 38.9 Å². The Labute approximate surface area is 221 Å². The monoisotopic (exact) mass is 552 g/mol. The number of aliphatic hydroxyl groups is 1. The average molecular weight is 553 g/mol. The lowest BCUT2D eigenvalue weighted by Gasteiger charge is -2.31. The summed E-state index contributed by atoms with van der Waals surface area (Å²) in [6, 6.07) is 13.0. The van der Waals surface area contributed by atoms with Crippen molar-refractivity contribution in [2.45, 2.75) is 44.2 Å². The van der Waals surface area contributed by atoms with Gasteiger partial charge >= 0.3 is 0 Å². The predicted molar refractivity (Wildman–Crippen MR) is 142 cm³/mol. The molecule has 0 fully saturated rings. The highest BCUT2D eigenvalue weighted by Crippen LogP contribution is 2.34. The molecule has 1 aliphatic heterocycles. The molecule has 9 nitrogen and oxygen atoms in total. The van der Waals surface area contributed by atoms with Crippen LogP contribution in [0.15, 0.2) is 53.4 Å². The summed E-state index contributed by atoms with van der Waals surface area (Å²) in [4.78, 5) is 12.9. The van der Waals surface area contributed by atoms with E-state index in [0.717, 1.165) is 5.56 Å². The van der Waals surface area contributed by atoms with E-state index in [4.69, 9.17) is 9.47 Å². The van der Waals surface area contributed by atoms with Crippen LogP contribution in [0.25, 0.3) is 0 Å². The zero-order chi connectivity index (χ0) is 27.2. The molecule has 0 bridgehead atoms. The van der Waals surface area contributed by atoms with Crippen molar-refractivity contribution >= 4 is 26.7 Å². The number of hydrogen-bond donors (Lipinski definition) is 2. The van der Waals surface area contributed by atoms with Crippen molar-refractivity contribution in [3.63, 3.8) is 0 Å². The predicted octanol–water partition coefficient (Wildman–Crippen LogP) is 2.16. The normalized spacial score (nSPS) is 16.4. The molecule has 0 aromatic heterocycles. The van der Waals surface area contributed by atoms with Gasteiger partial charge in [-0.25, -0.2) is 8.42 Å². The molecular weight excluding hydrogens is 516 g/mol. The number of ether oxygens (including phenoxy) is 2. The lowest BCUT2D eigenvalue weighted by molar-refractivity contribution is -0.125. The van der Waals surface area contributed by atoms with E-state index in [1.54, 1.807) is 13.0 Å². The van der Waals surface area contributed by atoms with E-state index in [9.17, 15) is 22.5 Å². The molecule has 37 heavy (non-hydrogen) atoms. The van der Waals surface area contributed by atoms with Gasteiger partial charge in [0.05, 0.1) is 17.0 Å². The van der Waals surface area contributed by atoms with Crippen molar-refractivity contribution < 1.29 is 32.0 Å². The van der Waals surface area contributed by atoms with Crippen LogP contribution in [0.3, 0.4) is 0 Å². The van der Waals surface area contributed by atoms with E-state index in [-0.39, 0.29) is 42.4 Å². The molecule has 4 unspecified atom stereocenters. The summed E-state index contributed by atoms with van der Waals surface area (Å²) >= 11 is 0. The number of carbonyl (C=O) groups is 1. The summed E-state index contributed by atoms with van der Waals surface area (Å²) in [7, 11) is -5.15. The zero-order valence-corrected chi connectivity index (χ0v) is 23.3. The molecule has 2 N–H and O–H groups in total. The van der Waals surface area contributed by atoms with Gasteiger partial charge < -0.3 is 19.9 Å². The van der Waals surface area contributed by atoms with Gasteiger partial charge in [-0.2, -0.15) is 4.31 Å². The van der Waals surface area contributed by atoms with Crippen molar-refractivity contribution in [1.29, 1.82) is 0 Å². The highest BCUT2D eigenvalue weighted by molar-refractivity contribution is 7.89. The maximum atomic E-state index is 13.6. The fourth-order valence-electron chi connectivity index (χ4n) is 4.10. The summed E-state index contributed by atoms with van der Waals surface area (Å²) < 4.78 is 50.8. The van der Waals surface area contributed by atoms with Gasteiger partial charge in [0, 0.05) is 47.9 Å². The minimum atomic E-state index is -3.99. The van der Waals surface area contributed by atoms with E-state index in [1.807, 2.05) is 44.2 Å². The molecule has 11 heteroatoms. The third-order valence-corrected chi connectivity index (χ3v) is 8.76. The highest BCUT2D eigenvalue weighted by Gasteiger charge is 2.33. The number of sulfonamides is 1. The number of amides is 1. The van der Waals surface area contributed by atoms with E-state index >= 15 is 0 Å². The van der Waals surface area contributed by atoms with Crippen LogP contribution < -0.4 is 14.8 Å². The first-order chi connectivity index (χ1) is 17.5. The molecule has 1 amide bonds. The molecule has 2 aromatic carbocycles. The minimum Gasteiger partial charge on any atom is -0.454 e. The smallest absolute Gasteiger partial charge is 0.243 e. The Morgan fingerprint density at radius 2 is 1.76 bits per heavy atom. The fraction of sp³-hybridized carbons (Fsp3) is 0.500. The molecular formula is C26H36N2O7S2. The van der Waals surface area contributed by atoms with Gasteiger partial charge in [-0.3, -0.25) is 9.00 Å². The first kappa shape index (κ1) is 29.1. The van der Waals surface area contributed by atoms with Crippen LogP contribution in [0.4, 0.5) is 0 Å². The van der Waals surface area contributed by atoms with Crippen LogP contribution in [0.5, 0.6) is 11.5 Å². The van der Waals surface area contributed by atoms with Crippen LogP contribution in [0, 0.1) is 11.8 Å². The minimum absolute atomic E-state index is 0.0160. The summed E-state index contributed by atoms with van der Waals surface area (Å²) in [6.45, 7) is 5.44. The highest BCUT2D eigenvalue weighted by atomic mass is 32.2. The van der Waals surface area contributed by atoms with E-state index in [1.165, 1.54) is 22.7 Å². The topological polar surface area (TPSA) is 122 Å². The Hall–Kier alpha value is -2.47. The number of hydrogen-bond acceptors (Lipinski definition) is 7. The SMILES string of the molecule is CC(C)CN(CC(O)C(Cc1ccccc1)NC(=O)C(C)CS(C)=O)S(=O)(=O)c1ccc2c(c1)OCO2. The van der Waals surface area contributed by atoms with Gasteiger partial charge in [-0.15, -0.1) is 0 Å². The number of nitrogens with one attached hydrogen (secondary N) is 1. The molecule has 0 radical (unpaired) electrons. The standard InChI is InChI=1S/C26H36N2O7S2/c1-18(2)14-28(37(32,33)21-10-11-24-25(13-21)35-17-34-24)15-23(29)22(12-20-8-6-5-7-9-20)27-26(30)19(3)16-36(4)31/h5-11,13,18-19,22-23,29H,12,14-17H2,1-4H3,(H,27,30). The second-order valence-electron chi connectivity index (χ2n) is 9.74. The second kappa shape index (κ2) is 12.9. The largest absolute Gasteiger partial charge is 0.454 e. The summed E-state index contributed by atoms with van der Waals surface area (Å²) in [5.41, 5.74) is 0.882. The summed E-state index contributed by atoms with van der Waals surface area (Å²) in [5.74, 6) is 0.130. The van der Waals surface area contributed by atoms with Gasteiger partial charge in [0.15, 0.2) is 11.5 Å². The third-order valence-electron chi connectivity index (χ3n) is 5.96. The van der Waals surface area contributed by atoms with Crippen molar-refractivity contribution in [2.24, 2.45) is 11.8 Å². The van der Waals surface area contributed by atoms with Gasteiger partial charge in [0.25, 0.3) is 0 Å². The Morgan fingerprint density at radius 1 is 1.08 bits per heavy atom. The summed E-state index contributed by atoms with van der Waals surface area (Å²) in [6.07, 6.45) is 0.631. The zero-order valence-electron chi connectivity index (χ0n) is 21.6. The lowest BCUT2D eigenvalue weighted by Crippen LogP contribution is -2.52. The van der Waals surface area contributed by atoms with E-state index in [0.29, 0.717) is 17.9 Å². The average Bonchev–Trinajstić information content (AvgIpc) is 3.31. The van der Waals surface area contributed by atoms with Gasteiger partial charge in [-0.1, -0.05) is 51.1 Å². The van der Waals surface area contributed by atoms with E-state index in [2.05, 4.69) is 5.32 Å². The van der Waals surface area contributed by atoms with Crippen LogP contribution in [-0.4, -0.2) is 72.0 Å². The first-order valence-electron chi connectivity index (χ1n) is 12.2.